The van der Waals surface area contributed by atoms with E-state index in [2.05, 4.69) is 185 Å². The molecule has 0 saturated heterocycles. The van der Waals surface area contributed by atoms with Gasteiger partial charge in [-0.3, -0.25) is 4.57 Å². The molecule has 0 unspecified atom stereocenters. The highest BCUT2D eigenvalue weighted by molar-refractivity contribution is 6.25. The van der Waals surface area contributed by atoms with Crippen LogP contribution in [0.3, 0.4) is 0 Å². The van der Waals surface area contributed by atoms with Crippen molar-refractivity contribution in [3.8, 4) is 39.8 Å². The molecule has 11 aromatic rings. The number of rotatable bonds is 4. The van der Waals surface area contributed by atoms with Crippen molar-refractivity contribution in [2.75, 3.05) is 4.90 Å². The number of fused-ring (bicyclic) bond motifs is 10. The molecule has 0 aliphatic carbocycles. The van der Waals surface area contributed by atoms with Gasteiger partial charge in [0.05, 0.1) is 33.6 Å². The number of nitrogens with zero attached hydrogens (tertiary/aromatic N) is 4. The fourth-order valence-electron chi connectivity index (χ4n) is 8.83. The van der Waals surface area contributed by atoms with Crippen LogP contribution in [0.4, 0.5) is 17.1 Å². The Balaban J connectivity index is 1.16. The Kier molecular flexibility index (Phi) is 6.86. The highest BCUT2D eigenvalue weighted by Gasteiger charge is 2.27. The quantitative estimate of drug-likeness (QED) is 0.169. The van der Waals surface area contributed by atoms with Crippen molar-refractivity contribution in [1.29, 1.82) is 0 Å². The standard InChI is InChI=1S/C52H32N4O/c1-3-16-35(17-4-1)50-41-29-26-34-15-8-10-21-40(34)51(41)54-52(53-50)56-43-24-13-22-39(49(43)48-38-20-9-7-14-33(38)27-30-44(48)56)36-28-31-47-45(32-36)55(37-18-5-2-6-19-37)42-23-11-12-25-46(42)57-47/h1-32H. The van der Waals surface area contributed by atoms with Crippen LogP contribution in [-0.4, -0.2) is 14.5 Å². The summed E-state index contributed by atoms with van der Waals surface area (Å²) in [7, 11) is 0. The maximum Gasteiger partial charge on any atom is 0.235 e. The smallest absolute Gasteiger partial charge is 0.235 e. The number of benzene rings is 9. The van der Waals surface area contributed by atoms with Gasteiger partial charge in [0, 0.05) is 32.8 Å². The van der Waals surface area contributed by atoms with E-state index in [9.17, 15) is 0 Å². The summed E-state index contributed by atoms with van der Waals surface area (Å²) in [5.74, 6) is 2.28. The maximum absolute atomic E-state index is 6.55. The van der Waals surface area contributed by atoms with E-state index in [1.807, 2.05) is 18.2 Å². The number of ether oxygens (including phenoxy) is 1. The van der Waals surface area contributed by atoms with Gasteiger partial charge in [-0.25, -0.2) is 9.97 Å². The molecule has 57 heavy (non-hydrogen) atoms. The molecule has 0 spiro atoms. The molecule has 0 saturated carbocycles. The monoisotopic (exact) mass is 728 g/mol. The molecule has 2 aromatic heterocycles. The van der Waals surface area contributed by atoms with Crippen molar-refractivity contribution in [3.63, 3.8) is 0 Å². The van der Waals surface area contributed by atoms with E-state index >= 15 is 0 Å². The van der Waals surface area contributed by atoms with E-state index in [4.69, 9.17) is 14.7 Å². The Morgan fingerprint density at radius 3 is 1.96 bits per heavy atom. The molecule has 1 aliphatic heterocycles. The van der Waals surface area contributed by atoms with Crippen LogP contribution < -0.4 is 9.64 Å². The van der Waals surface area contributed by atoms with Gasteiger partial charge >= 0.3 is 0 Å². The lowest BCUT2D eigenvalue weighted by Gasteiger charge is -2.33. The van der Waals surface area contributed by atoms with Crippen LogP contribution in [0.5, 0.6) is 11.5 Å². The average Bonchev–Trinajstić information content (AvgIpc) is 3.63. The van der Waals surface area contributed by atoms with Crippen molar-refractivity contribution in [2.24, 2.45) is 0 Å². The number of hydrogen-bond donors (Lipinski definition) is 0. The zero-order chi connectivity index (χ0) is 37.5. The summed E-state index contributed by atoms with van der Waals surface area (Å²) in [6.07, 6.45) is 0. The lowest BCUT2D eigenvalue weighted by Crippen LogP contribution is -2.15. The molecule has 0 N–H and O–H groups in total. The van der Waals surface area contributed by atoms with Gasteiger partial charge in [0.2, 0.25) is 5.95 Å². The van der Waals surface area contributed by atoms with Crippen molar-refractivity contribution in [3.05, 3.63) is 194 Å². The van der Waals surface area contributed by atoms with Gasteiger partial charge in [0.25, 0.3) is 0 Å². The highest BCUT2D eigenvalue weighted by Crippen LogP contribution is 2.52. The van der Waals surface area contributed by atoms with E-state index in [-0.39, 0.29) is 0 Å². The van der Waals surface area contributed by atoms with Gasteiger partial charge in [-0.05, 0) is 81.9 Å². The van der Waals surface area contributed by atoms with Gasteiger partial charge in [-0.2, -0.15) is 0 Å². The number of para-hydroxylation sites is 3. The molecule has 3 heterocycles. The van der Waals surface area contributed by atoms with Crippen LogP contribution in [0.2, 0.25) is 0 Å². The first-order chi connectivity index (χ1) is 28.3. The minimum Gasteiger partial charge on any atom is -0.453 e. The topological polar surface area (TPSA) is 43.2 Å². The largest absolute Gasteiger partial charge is 0.453 e. The molecule has 0 amide bonds. The molecule has 1 aliphatic rings. The summed E-state index contributed by atoms with van der Waals surface area (Å²) in [4.78, 5) is 13.2. The molecule has 5 heteroatoms. The Morgan fingerprint density at radius 2 is 1.11 bits per heavy atom. The normalized spacial score (nSPS) is 12.3. The van der Waals surface area contributed by atoms with Crippen LogP contribution in [0, 0.1) is 0 Å². The molecule has 12 rings (SSSR count). The predicted molar refractivity (Wildman–Crippen MR) is 235 cm³/mol. The summed E-state index contributed by atoms with van der Waals surface area (Å²) in [6.45, 7) is 0. The Morgan fingerprint density at radius 1 is 0.421 bits per heavy atom. The summed E-state index contributed by atoms with van der Waals surface area (Å²) in [6, 6.07) is 68.3. The lowest BCUT2D eigenvalue weighted by molar-refractivity contribution is 0.477. The summed E-state index contributed by atoms with van der Waals surface area (Å²) >= 11 is 0. The Hall–Kier alpha value is -7.76. The predicted octanol–water partition coefficient (Wildman–Crippen LogP) is 13.9. The van der Waals surface area contributed by atoms with Gasteiger partial charge in [-0.1, -0.05) is 140 Å². The van der Waals surface area contributed by atoms with E-state index in [0.717, 1.165) is 89.0 Å². The molecule has 0 radical (unpaired) electrons. The molecule has 0 fully saturated rings. The van der Waals surface area contributed by atoms with E-state index in [1.165, 1.54) is 16.2 Å². The first kappa shape index (κ1) is 31.6. The second-order valence-corrected chi connectivity index (χ2v) is 14.6. The third-order valence-electron chi connectivity index (χ3n) is 11.4. The number of anilines is 3. The highest BCUT2D eigenvalue weighted by atomic mass is 16.5. The molecule has 5 nitrogen and oxygen atoms in total. The van der Waals surface area contributed by atoms with Gasteiger partial charge in [0.15, 0.2) is 11.5 Å². The zero-order valence-corrected chi connectivity index (χ0v) is 30.7. The molecular formula is C52H32N4O. The second-order valence-electron chi connectivity index (χ2n) is 14.6. The Bertz CT molecular complexity index is 3390. The minimum atomic E-state index is 0.635. The van der Waals surface area contributed by atoms with Crippen molar-refractivity contribution in [2.45, 2.75) is 0 Å². The fourth-order valence-corrected chi connectivity index (χ4v) is 8.83. The first-order valence-corrected chi connectivity index (χ1v) is 19.3. The van der Waals surface area contributed by atoms with Crippen molar-refractivity contribution in [1.82, 2.24) is 14.5 Å². The summed E-state index contributed by atoms with van der Waals surface area (Å²) in [5, 5.41) is 7.95. The van der Waals surface area contributed by atoms with Crippen LogP contribution >= 0.6 is 0 Å². The van der Waals surface area contributed by atoms with E-state index < -0.39 is 0 Å². The van der Waals surface area contributed by atoms with Crippen LogP contribution in [0.1, 0.15) is 0 Å². The molecule has 0 bridgehead atoms. The van der Waals surface area contributed by atoms with Crippen molar-refractivity contribution < 1.29 is 4.74 Å². The number of aromatic nitrogens is 3. The van der Waals surface area contributed by atoms with E-state index in [0.29, 0.717) is 5.95 Å². The summed E-state index contributed by atoms with van der Waals surface area (Å²) < 4.78 is 8.81. The SMILES string of the molecule is c1ccc(-c2nc(-n3c4cccc(-c5ccc6c(c5)N(c5ccccc5)c5ccccc5O6)c4c4c5ccccc5ccc43)nc3c2ccc2ccccc23)cc1. The van der Waals surface area contributed by atoms with Gasteiger partial charge in [0.1, 0.15) is 0 Å². The summed E-state index contributed by atoms with van der Waals surface area (Å²) in [5.41, 5.74) is 10.3. The zero-order valence-electron chi connectivity index (χ0n) is 30.7. The van der Waals surface area contributed by atoms with Crippen molar-refractivity contribution >= 4 is 71.3 Å². The minimum absolute atomic E-state index is 0.635. The molecule has 0 atom stereocenters. The van der Waals surface area contributed by atoms with E-state index in [1.54, 1.807) is 0 Å². The number of hydrogen-bond acceptors (Lipinski definition) is 4. The first-order valence-electron chi connectivity index (χ1n) is 19.3. The second kappa shape index (κ2) is 12.4. The maximum atomic E-state index is 6.55. The molecular weight excluding hydrogens is 697 g/mol. The third kappa shape index (κ3) is 4.82. The molecule has 9 aromatic carbocycles. The average molecular weight is 729 g/mol. The van der Waals surface area contributed by atoms with Gasteiger partial charge in [-0.15, -0.1) is 0 Å². The fraction of sp³-hybridized carbons (Fsp3) is 0. The van der Waals surface area contributed by atoms with Crippen LogP contribution in [0.15, 0.2) is 194 Å². The third-order valence-corrected chi connectivity index (χ3v) is 11.4. The Labute approximate surface area is 328 Å². The molecule has 266 valence electrons. The lowest BCUT2D eigenvalue weighted by atomic mass is 9.96. The van der Waals surface area contributed by atoms with Crippen LogP contribution in [-0.2, 0) is 0 Å². The van der Waals surface area contributed by atoms with Gasteiger partial charge < -0.3 is 9.64 Å². The van der Waals surface area contributed by atoms with Crippen LogP contribution in [0.25, 0.3) is 82.6 Å².